The Morgan fingerprint density at radius 1 is 0.667 bits per heavy atom. The highest BCUT2D eigenvalue weighted by atomic mass is 127. The average Bonchev–Trinajstić information content (AvgIpc) is 2.73. The fourth-order valence-corrected chi connectivity index (χ4v) is 5.52. The Balaban J connectivity index is 0.000000273. The van der Waals surface area contributed by atoms with Gasteiger partial charge in [-0.1, -0.05) is 65.8 Å². The lowest BCUT2D eigenvalue weighted by Crippen LogP contribution is -3.61. The molecule has 0 spiro atoms. The topological polar surface area (TPSA) is 66.4 Å². The zero-order valence-corrected chi connectivity index (χ0v) is 23.3. The summed E-state index contributed by atoms with van der Waals surface area (Å²) in [6, 6.07) is 23.7. The molecule has 3 rings (SSSR count). The Bertz CT molecular complexity index is 1070. The standard InChI is InChI=1S/C20H26I.C7H8O4S/c1-19(2,3)15-7-11-17(12-8-15)21-18-13-9-16(10-14-18)20(4,5)6;1-11-6-2-4-7(5-3-6)12(8,9)10/h7-14H,1-6H3;2-5H,1H3,(H,8,9,10)/q+1;/p-1. The molecule has 4 nitrogen and oxygen atoms in total. The third kappa shape index (κ3) is 8.76. The van der Waals surface area contributed by atoms with Crippen molar-refractivity contribution < 1.29 is 38.9 Å². The molecule has 0 atom stereocenters. The lowest BCUT2D eigenvalue weighted by Gasteiger charge is -2.18. The van der Waals surface area contributed by atoms with Crippen molar-refractivity contribution in [2.45, 2.75) is 57.3 Å². The summed E-state index contributed by atoms with van der Waals surface area (Å²) < 4.78 is 39.1. The highest BCUT2D eigenvalue weighted by molar-refractivity contribution is 7.85. The molecule has 0 heterocycles. The number of halogens is 1. The first-order chi connectivity index (χ1) is 15.2. The fraction of sp³-hybridized carbons (Fsp3) is 0.333. The molecule has 0 saturated heterocycles. The quantitative estimate of drug-likeness (QED) is 0.352. The normalized spacial score (nSPS) is 12.0. The summed E-state index contributed by atoms with van der Waals surface area (Å²) in [7, 11) is -2.87. The average molecular weight is 581 g/mol. The van der Waals surface area contributed by atoms with Gasteiger partial charge in [0.2, 0.25) is 0 Å². The van der Waals surface area contributed by atoms with Gasteiger partial charge in [-0.15, -0.1) is 0 Å². The maximum atomic E-state index is 10.4. The van der Waals surface area contributed by atoms with Crippen molar-refractivity contribution in [3.05, 3.63) is 91.1 Å². The maximum Gasteiger partial charge on any atom is 0.357 e. The van der Waals surface area contributed by atoms with E-state index in [1.165, 1.54) is 49.6 Å². The Labute approximate surface area is 209 Å². The van der Waals surface area contributed by atoms with Crippen molar-refractivity contribution in [3.8, 4) is 5.75 Å². The van der Waals surface area contributed by atoms with Crippen LogP contribution in [0.15, 0.2) is 77.7 Å². The minimum atomic E-state index is -4.33. The number of hydrogen-bond donors (Lipinski definition) is 0. The number of hydrogen-bond acceptors (Lipinski definition) is 4. The molecule has 3 aromatic carbocycles. The summed E-state index contributed by atoms with van der Waals surface area (Å²) >= 11 is -0.0703. The molecule has 6 heteroatoms. The predicted octanol–water partition coefficient (Wildman–Crippen LogP) is 3.01. The van der Waals surface area contributed by atoms with Crippen LogP contribution in [0.1, 0.15) is 52.7 Å². The monoisotopic (exact) mass is 580 g/mol. The maximum absolute atomic E-state index is 10.4. The Hall–Kier alpha value is -1.90. The highest BCUT2D eigenvalue weighted by Crippen LogP contribution is 2.22. The SMILES string of the molecule is CC(C)(C)c1ccc([I+]c2ccc(C(C)(C)C)cc2)cc1.COc1ccc(S(=O)(=O)[O-])cc1. The fourth-order valence-electron chi connectivity index (χ4n) is 2.89. The third-order valence-corrected chi connectivity index (χ3v) is 8.52. The van der Waals surface area contributed by atoms with Gasteiger partial charge in [0.15, 0.2) is 7.14 Å². The number of methoxy groups -OCH3 is 1. The molecule has 0 aliphatic carbocycles. The molecule has 0 aromatic heterocycles. The minimum Gasteiger partial charge on any atom is -0.744 e. The molecule has 0 aliphatic heterocycles. The van der Waals surface area contributed by atoms with Crippen LogP contribution < -0.4 is 25.9 Å². The van der Waals surface area contributed by atoms with Gasteiger partial charge in [0.25, 0.3) is 0 Å². The molecule has 0 bridgehead atoms. The number of rotatable bonds is 4. The van der Waals surface area contributed by atoms with E-state index in [-0.39, 0.29) is 36.9 Å². The van der Waals surface area contributed by atoms with Gasteiger partial charge in [0, 0.05) is 0 Å². The Kier molecular flexibility index (Phi) is 9.13. The molecular weight excluding hydrogens is 547 g/mol. The molecule has 0 N–H and O–H groups in total. The lowest BCUT2D eigenvalue weighted by molar-refractivity contribution is -0.597. The smallest absolute Gasteiger partial charge is 0.357 e. The molecule has 0 saturated carbocycles. The summed E-state index contributed by atoms with van der Waals surface area (Å²) in [4.78, 5) is -0.247. The molecule has 0 fully saturated rings. The van der Waals surface area contributed by atoms with Gasteiger partial charge in [-0.3, -0.25) is 0 Å². The van der Waals surface area contributed by atoms with E-state index in [0.29, 0.717) is 5.75 Å². The molecule has 0 amide bonds. The van der Waals surface area contributed by atoms with Crippen molar-refractivity contribution in [2.75, 3.05) is 7.11 Å². The van der Waals surface area contributed by atoms with E-state index in [4.69, 9.17) is 4.74 Å². The van der Waals surface area contributed by atoms with Crippen molar-refractivity contribution >= 4 is 10.1 Å². The van der Waals surface area contributed by atoms with Crippen LogP contribution in [0, 0.1) is 7.14 Å². The van der Waals surface area contributed by atoms with Gasteiger partial charge in [0.05, 0.1) is 12.0 Å². The van der Waals surface area contributed by atoms with Gasteiger partial charge in [0.1, 0.15) is 15.9 Å². The van der Waals surface area contributed by atoms with E-state index >= 15 is 0 Å². The van der Waals surface area contributed by atoms with Gasteiger partial charge in [-0.25, -0.2) is 8.42 Å². The summed E-state index contributed by atoms with van der Waals surface area (Å²) in [5, 5.41) is 0. The van der Waals surface area contributed by atoms with Crippen molar-refractivity contribution in [1.82, 2.24) is 0 Å². The first-order valence-electron chi connectivity index (χ1n) is 10.7. The second-order valence-corrected chi connectivity index (χ2v) is 14.1. The second kappa shape index (κ2) is 11.0. The van der Waals surface area contributed by atoms with Gasteiger partial charge in [-0.05, 0) is 70.5 Å². The zero-order valence-electron chi connectivity index (χ0n) is 20.3. The Morgan fingerprint density at radius 2 is 1.03 bits per heavy atom. The van der Waals surface area contributed by atoms with E-state index in [9.17, 15) is 13.0 Å². The zero-order chi connectivity index (χ0) is 24.9. The minimum absolute atomic E-state index is 0.0703. The molecule has 178 valence electrons. The van der Waals surface area contributed by atoms with Crippen LogP contribution in [0.4, 0.5) is 0 Å². The molecule has 0 unspecified atom stereocenters. The summed E-state index contributed by atoms with van der Waals surface area (Å²) in [5.74, 6) is 0.516. The van der Waals surface area contributed by atoms with Crippen molar-refractivity contribution in [1.29, 1.82) is 0 Å². The first kappa shape index (κ1) is 27.3. The molecule has 33 heavy (non-hydrogen) atoms. The molecule has 0 radical (unpaired) electrons. The predicted molar refractivity (Wildman–Crippen MR) is 129 cm³/mol. The highest BCUT2D eigenvalue weighted by Gasteiger charge is 2.20. The first-order valence-corrected chi connectivity index (χ1v) is 14.2. The summed E-state index contributed by atoms with van der Waals surface area (Å²) in [6.07, 6.45) is 0. The Morgan fingerprint density at radius 3 is 1.30 bits per heavy atom. The largest absolute Gasteiger partial charge is 0.744 e. The van der Waals surface area contributed by atoms with Crippen LogP contribution in [0.5, 0.6) is 5.75 Å². The number of ether oxygens (including phenoxy) is 1. The summed E-state index contributed by atoms with van der Waals surface area (Å²) in [5.41, 5.74) is 3.31. The van der Waals surface area contributed by atoms with Crippen LogP contribution in [0.2, 0.25) is 0 Å². The van der Waals surface area contributed by atoms with Crippen LogP contribution in [-0.2, 0) is 20.9 Å². The molecule has 0 aliphatic rings. The molecular formula is C27H33IO4S. The van der Waals surface area contributed by atoms with E-state index in [2.05, 4.69) is 90.1 Å². The van der Waals surface area contributed by atoms with E-state index in [1.54, 1.807) is 0 Å². The van der Waals surface area contributed by atoms with Crippen LogP contribution >= 0.6 is 0 Å². The lowest BCUT2D eigenvalue weighted by atomic mass is 9.87. The van der Waals surface area contributed by atoms with Crippen LogP contribution in [0.25, 0.3) is 0 Å². The number of benzene rings is 3. The molecule has 3 aromatic rings. The third-order valence-electron chi connectivity index (χ3n) is 4.99. The van der Waals surface area contributed by atoms with E-state index < -0.39 is 10.1 Å². The van der Waals surface area contributed by atoms with Gasteiger partial charge < -0.3 is 9.29 Å². The summed E-state index contributed by atoms with van der Waals surface area (Å²) in [6.45, 7) is 13.6. The van der Waals surface area contributed by atoms with Crippen molar-refractivity contribution in [2.24, 2.45) is 0 Å². The van der Waals surface area contributed by atoms with Gasteiger partial charge >= 0.3 is 21.2 Å². The van der Waals surface area contributed by atoms with Crippen molar-refractivity contribution in [3.63, 3.8) is 0 Å². The van der Waals surface area contributed by atoms with Crippen LogP contribution in [0.3, 0.4) is 0 Å². The van der Waals surface area contributed by atoms with E-state index in [0.717, 1.165) is 0 Å². The van der Waals surface area contributed by atoms with Gasteiger partial charge in [-0.2, -0.15) is 0 Å². The second-order valence-electron chi connectivity index (χ2n) is 9.74. The van der Waals surface area contributed by atoms with E-state index in [1.807, 2.05) is 0 Å². The van der Waals surface area contributed by atoms with Crippen LogP contribution in [-0.4, -0.2) is 20.1 Å².